The second-order valence-corrected chi connectivity index (χ2v) is 4.38. The Hall–Kier alpha value is -2.24. The molecule has 0 bridgehead atoms. The highest BCUT2D eigenvalue weighted by Crippen LogP contribution is 2.31. The molecular formula is C15H13F4NO. The molecule has 2 nitrogen and oxygen atoms in total. The largest absolute Gasteiger partial charge is 0.491 e. The van der Waals surface area contributed by atoms with Crippen LogP contribution in [0.3, 0.4) is 0 Å². The predicted octanol–water partition coefficient (Wildman–Crippen LogP) is 3.96. The Morgan fingerprint density at radius 2 is 1.86 bits per heavy atom. The van der Waals surface area contributed by atoms with E-state index in [9.17, 15) is 17.6 Å². The number of methoxy groups -OCH3 is 1. The van der Waals surface area contributed by atoms with Crippen LogP contribution in [0.25, 0.3) is 5.70 Å². The van der Waals surface area contributed by atoms with Crippen LogP contribution in [-0.4, -0.2) is 25.0 Å². The Morgan fingerprint density at radius 3 is 2.38 bits per heavy atom. The molecule has 0 fully saturated rings. The van der Waals surface area contributed by atoms with E-state index in [1.54, 1.807) is 12.2 Å². The van der Waals surface area contributed by atoms with Gasteiger partial charge in [-0.3, -0.25) is 0 Å². The van der Waals surface area contributed by atoms with Gasteiger partial charge in [0.1, 0.15) is 0 Å². The third-order valence-electron chi connectivity index (χ3n) is 3.00. The maximum absolute atomic E-state index is 13.8. The van der Waals surface area contributed by atoms with Gasteiger partial charge in [-0.05, 0) is 24.3 Å². The summed E-state index contributed by atoms with van der Waals surface area (Å²) in [7, 11) is 1.15. The van der Waals surface area contributed by atoms with Crippen LogP contribution in [0.1, 0.15) is 5.56 Å². The lowest BCUT2D eigenvalue weighted by molar-refractivity contribution is 0.123. The normalized spacial score (nSPS) is 14.7. The molecule has 6 heteroatoms. The summed E-state index contributed by atoms with van der Waals surface area (Å²) in [6, 6.07) is 2.08. The average Bonchev–Trinajstić information content (AvgIpc) is 2.40. The van der Waals surface area contributed by atoms with Crippen molar-refractivity contribution in [1.29, 1.82) is 0 Å². The van der Waals surface area contributed by atoms with Gasteiger partial charge in [0.05, 0.1) is 13.7 Å². The zero-order valence-electron chi connectivity index (χ0n) is 11.2. The van der Waals surface area contributed by atoms with E-state index in [0.29, 0.717) is 5.70 Å². The van der Waals surface area contributed by atoms with Crippen LogP contribution in [0, 0.1) is 11.6 Å². The summed E-state index contributed by atoms with van der Waals surface area (Å²) in [6.45, 7) is 3.05. The lowest BCUT2D eigenvalue weighted by atomic mass is 10.1. The number of rotatable bonds is 4. The monoisotopic (exact) mass is 299 g/mol. The molecule has 0 radical (unpaired) electrons. The van der Waals surface area contributed by atoms with Crippen LogP contribution < -0.4 is 4.74 Å². The van der Waals surface area contributed by atoms with Gasteiger partial charge in [-0.2, -0.15) is 0 Å². The second kappa shape index (κ2) is 6.03. The smallest absolute Gasteiger partial charge is 0.256 e. The van der Waals surface area contributed by atoms with Gasteiger partial charge in [-0.25, -0.2) is 17.6 Å². The highest BCUT2D eigenvalue weighted by Gasteiger charge is 2.22. The Labute approximate surface area is 119 Å². The van der Waals surface area contributed by atoms with Crippen molar-refractivity contribution in [3.63, 3.8) is 0 Å². The Balaban J connectivity index is 2.45. The Morgan fingerprint density at radius 1 is 1.24 bits per heavy atom. The first kappa shape index (κ1) is 15.2. The Bertz CT molecular complexity index is 599. The average molecular weight is 299 g/mol. The highest BCUT2D eigenvalue weighted by molar-refractivity contribution is 5.70. The maximum Gasteiger partial charge on any atom is 0.256 e. The number of hydrogen-bond acceptors (Lipinski definition) is 2. The number of hydrogen-bond donors (Lipinski definition) is 0. The van der Waals surface area contributed by atoms with Gasteiger partial charge in [-0.15, -0.1) is 0 Å². The molecule has 1 aromatic carbocycles. The molecule has 112 valence electrons. The van der Waals surface area contributed by atoms with Crippen LogP contribution in [0.4, 0.5) is 17.6 Å². The maximum atomic E-state index is 13.8. The number of ether oxygens (including phenoxy) is 1. The molecule has 0 saturated carbocycles. The molecule has 0 spiro atoms. The number of allylic oxidation sites excluding steroid dienone is 3. The number of alkyl halides is 2. The van der Waals surface area contributed by atoms with Crippen LogP contribution in [0.15, 0.2) is 42.6 Å². The first-order chi connectivity index (χ1) is 9.93. The van der Waals surface area contributed by atoms with Crippen LogP contribution >= 0.6 is 0 Å². The van der Waals surface area contributed by atoms with E-state index < -0.39 is 30.4 Å². The van der Waals surface area contributed by atoms with Crippen molar-refractivity contribution in [3.05, 3.63) is 59.8 Å². The van der Waals surface area contributed by atoms with Gasteiger partial charge in [0, 0.05) is 17.0 Å². The first-order valence-corrected chi connectivity index (χ1v) is 6.10. The molecule has 0 aromatic heterocycles. The van der Waals surface area contributed by atoms with Crippen molar-refractivity contribution in [2.45, 2.75) is 6.43 Å². The van der Waals surface area contributed by atoms with E-state index in [-0.39, 0.29) is 11.3 Å². The van der Waals surface area contributed by atoms with Gasteiger partial charge in [-0.1, -0.05) is 12.7 Å². The molecular weight excluding hydrogens is 286 g/mol. The van der Waals surface area contributed by atoms with Crippen molar-refractivity contribution >= 4 is 5.70 Å². The quantitative estimate of drug-likeness (QED) is 0.780. The van der Waals surface area contributed by atoms with E-state index >= 15 is 0 Å². The number of benzene rings is 1. The number of nitrogens with zero attached hydrogens (tertiary/aromatic N) is 1. The molecule has 0 saturated heterocycles. The van der Waals surface area contributed by atoms with Gasteiger partial charge in [0.15, 0.2) is 17.4 Å². The number of halogens is 4. The minimum atomic E-state index is -2.61. The molecule has 0 atom stereocenters. The fraction of sp³-hybridized carbons (Fsp3) is 0.200. The van der Waals surface area contributed by atoms with E-state index in [1.165, 1.54) is 11.0 Å². The predicted molar refractivity (Wildman–Crippen MR) is 71.9 cm³/mol. The third-order valence-corrected chi connectivity index (χ3v) is 3.00. The van der Waals surface area contributed by atoms with Crippen LogP contribution in [-0.2, 0) is 0 Å². The van der Waals surface area contributed by atoms with Gasteiger partial charge in [0.25, 0.3) is 6.43 Å². The van der Waals surface area contributed by atoms with E-state index in [0.717, 1.165) is 19.2 Å². The summed E-state index contributed by atoms with van der Waals surface area (Å²) in [5, 5.41) is 0. The minimum absolute atomic E-state index is 0.136. The summed E-state index contributed by atoms with van der Waals surface area (Å²) in [4.78, 5) is 1.21. The summed E-state index contributed by atoms with van der Waals surface area (Å²) in [5.74, 6) is -2.30. The fourth-order valence-electron chi connectivity index (χ4n) is 2.09. The zero-order valence-corrected chi connectivity index (χ0v) is 11.2. The van der Waals surface area contributed by atoms with E-state index in [1.807, 2.05) is 0 Å². The second-order valence-electron chi connectivity index (χ2n) is 4.38. The molecule has 1 aliphatic heterocycles. The fourth-order valence-corrected chi connectivity index (χ4v) is 2.09. The van der Waals surface area contributed by atoms with Gasteiger partial charge < -0.3 is 9.64 Å². The summed E-state index contributed by atoms with van der Waals surface area (Å²) < 4.78 is 57.4. The van der Waals surface area contributed by atoms with Crippen molar-refractivity contribution in [1.82, 2.24) is 4.90 Å². The molecule has 1 aromatic rings. The molecule has 21 heavy (non-hydrogen) atoms. The zero-order chi connectivity index (χ0) is 15.6. The summed E-state index contributed by atoms with van der Waals surface area (Å²) in [5.41, 5.74) is 0.713. The molecule has 2 rings (SSSR count). The van der Waals surface area contributed by atoms with Crippen LogP contribution in [0.5, 0.6) is 5.75 Å². The molecule has 0 aliphatic carbocycles. The lowest BCUT2D eigenvalue weighted by Crippen LogP contribution is -2.27. The highest BCUT2D eigenvalue weighted by atomic mass is 19.3. The molecule has 0 amide bonds. The van der Waals surface area contributed by atoms with E-state index in [2.05, 4.69) is 11.3 Å². The van der Waals surface area contributed by atoms with Crippen molar-refractivity contribution in [2.75, 3.05) is 13.7 Å². The molecule has 0 unspecified atom stereocenters. The van der Waals surface area contributed by atoms with Crippen LogP contribution in [0.2, 0.25) is 0 Å². The van der Waals surface area contributed by atoms with Gasteiger partial charge in [0.2, 0.25) is 0 Å². The lowest BCUT2D eigenvalue weighted by Gasteiger charge is -2.30. The van der Waals surface area contributed by atoms with Gasteiger partial charge >= 0.3 is 0 Å². The first-order valence-electron chi connectivity index (χ1n) is 6.10. The SMILES string of the molecule is C=C1C=CC=C(c2cc(F)c(OC)c(F)c2)N1CC(F)F. The molecule has 1 heterocycles. The van der Waals surface area contributed by atoms with Crippen molar-refractivity contribution < 1.29 is 22.3 Å². The summed E-state index contributed by atoms with van der Waals surface area (Å²) >= 11 is 0. The summed E-state index contributed by atoms with van der Waals surface area (Å²) in [6.07, 6.45) is 2.02. The third kappa shape index (κ3) is 3.09. The van der Waals surface area contributed by atoms with Crippen molar-refractivity contribution in [2.24, 2.45) is 0 Å². The topological polar surface area (TPSA) is 12.5 Å². The molecule has 1 aliphatic rings. The van der Waals surface area contributed by atoms with Crippen molar-refractivity contribution in [3.8, 4) is 5.75 Å². The minimum Gasteiger partial charge on any atom is -0.491 e. The molecule has 0 N–H and O–H groups in total. The Kier molecular flexibility index (Phi) is 4.35. The standard InChI is InChI=1S/C15H13F4NO/c1-9-4-3-5-13(20(9)8-14(18)19)10-6-11(16)15(21-2)12(17)7-10/h3-7,14H,1,8H2,2H3. The van der Waals surface area contributed by atoms with E-state index in [4.69, 9.17) is 0 Å².